The Morgan fingerprint density at radius 3 is 2.89 bits per heavy atom. The number of aromatic nitrogens is 2. The fourth-order valence-corrected chi connectivity index (χ4v) is 1.99. The summed E-state index contributed by atoms with van der Waals surface area (Å²) in [4.78, 5) is 36.6. The highest BCUT2D eigenvalue weighted by molar-refractivity contribution is 7.99. The van der Waals surface area contributed by atoms with Crippen LogP contribution in [0.1, 0.15) is 13.3 Å². The van der Waals surface area contributed by atoms with Crippen molar-refractivity contribution in [1.82, 2.24) is 9.55 Å². The second kappa shape index (κ2) is 7.57. The molecule has 0 unspecified atom stereocenters. The first-order valence-corrected chi connectivity index (χ1v) is 6.59. The fraction of sp³-hybridized carbons (Fsp3) is 0.455. The first-order valence-electron chi connectivity index (χ1n) is 5.60. The van der Waals surface area contributed by atoms with E-state index >= 15 is 0 Å². The van der Waals surface area contributed by atoms with Gasteiger partial charge in [-0.25, -0.2) is 0 Å². The highest BCUT2D eigenvalue weighted by Crippen LogP contribution is 2.13. The van der Waals surface area contributed by atoms with E-state index in [-0.39, 0.29) is 29.8 Å². The maximum Gasteiger partial charge on any atom is 0.313 e. The molecular formula is C11H14N2O5S. The predicted molar refractivity (Wildman–Crippen MR) is 68.1 cm³/mol. The minimum atomic E-state index is -1.000. The van der Waals surface area contributed by atoms with E-state index in [1.165, 1.54) is 12.3 Å². The number of nitrogens with zero attached hydrogens (tertiary/aromatic N) is 2. The van der Waals surface area contributed by atoms with Gasteiger partial charge in [0.2, 0.25) is 0 Å². The van der Waals surface area contributed by atoms with E-state index in [4.69, 9.17) is 9.84 Å². The summed E-state index contributed by atoms with van der Waals surface area (Å²) in [6.07, 6.45) is 1.62. The molecule has 0 atom stereocenters. The molecule has 19 heavy (non-hydrogen) atoms. The average molecular weight is 286 g/mol. The van der Waals surface area contributed by atoms with Gasteiger partial charge in [-0.05, 0) is 6.92 Å². The zero-order valence-electron chi connectivity index (χ0n) is 10.4. The van der Waals surface area contributed by atoms with Gasteiger partial charge < -0.3 is 14.4 Å². The smallest absolute Gasteiger partial charge is 0.313 e. The summed E-state index contributed by atoms with van der Waals surface area (Å²) in [5.74, 6) is -1.55. The van der Waals surface area contributed by atoms with Crippen molar-refractivity contribution in [2.75, 3.05) is 12.4 Å². The van der Waals surface area contributed by atoms with Crippen LogP contribution in [0.2, 0.25) is 0 Å². The number of carboxylic acid groups (broad SMARTS) is 1. The number of carboxylic acids is 1. The van der Waals surface area contributed by atoms with Crippen LogP contribution in [0.4, 0.5) is 0 Å². The minimum Gasteiger partial charge on any atom is -0.481 e. The molecule has 8 heteroatoms. The molecular weight excluding hydrogens is 272 g/mol. The number of rotatable bonds is 7. The van der Waals surface area contributed by atoms with Gasteiger partial charge in [0.15, 0.2) is 5.16 Å². The molecule has 0 aliphatic rings. The van der Waals surface area contributed by atoms with E-state index in [1.807, 2.05) is 0 Å². The second-order valence-corrected chi connectivity index (χ2v) is 4.42. The number of esters is 1. The maximum absolute atomic E-state index is 11.2. The van der Waals surface area contributed by atoms with Gasteiger partial charge in [-0.15, -0.1) is 0 Å². The summed E-state index contributed by atoms with van der Waals surface area (Å²) < 4.78 is 6.35. The van der Waals surface area contributed by atoms with Crippen LogP contribution in [0.25, 0.3) is 0 Å². The van der Waals surface area contributed by atoms with E-state index in [2.05, 4.69) is 4.98 Å². The minimum absolute atomic E-state index is 0.138. The monoisotopic (exact) mass is 286 g/mol. The molecule has 0 radical (unpaired) electrons. The van der Waals surface area contributed by atoms with Gasteiger partial charge in [-0.1, -0.05) is 11.8 Å². The molecule has 0 saturated heterocycles. The lowest BCUT2D eigenvalue weighted by Gasteiger charge is -2.10. The lowest BCUT2D eigenvalue weighted by atomic mass is 10.4. The molecule has 1 aromatic heterocycles. The Labute approximate surface area is 113 Å². The zero-order valence-corrected chi connectivity index (χ0v) is 11.2. The first-order chi connectivity index (χ1) is 9.02. The molecule has 0 aliphatic carbocycles. The maximum atomic E-state index is 11.2. The number of hydrogen-bond donors (Lipinski definition) is 1. The summed E-state index contributed by atoms with van der Waals surface area (Å²) in [6, 6.07) is 1.26. The summed E-state index contributed by atoms with van der Waals surface area (Å²) in [7, 11) is 0. The summed E-state index contributed by atoms with van der Waals surface area (Å²) in [6.45, 7) is 2.31. The first kappa shape index (κ1) is 15.2. The normalized spacial score (nSPS) is 10.2. The van der Waals surface area contributed by atoms with Crippen molar-refractivity contribution < 1.29 is 19.4 Å². The Hall–Kier alpha value is -1.83. The van der Waals surface area contributed by atoms with Crippen LogP contribution in [0, 0.1) is 0 Å². The van der Waals surface area contributed by atoms with E-state index < -0.39 is 11.5 Å². The SMILES string of the molecule is CCOC(=O)CCn1ccc(=O)nc1SCC(=O)O. The van der Waals surface area contributed by atoms with Gasteiger partial charge >= 0.3 is 11.9 Å². The number of aliphatic carboxylic acids is 1. The third-order valence-electron chi connectivity index (χ3n) is 2.04. The predicted octanol–water partition coefficient (Wildman–Crippen LogP) is 0.373. The summed E-state index contributed by atoms with van der Waals surface area (Å²) >= 11 is 0.935. The van der Waals surface area contributed by atoms with Gasteiger partial charge in [0, 0.05) is 18.8 Å². The highest BCUT2D eigenvalue weighted by atomic mass is 32.2. The number of ether oxygens (including phenoxy) is 1. The molecule has 104 valence electrons. The largest absolute Gasteiger partial charge is 0.481 e. The van der Waals surface area contributed by atoms with E-state index in [1.54, 1.807) is 11.5 Å². The van der Waals surface area contributed by atoms with Gasteiger partial charge in [0.05, 0.1) is 18.8 Å². The van der Waals surface area contributed by atoms with Crippen molar-refractivity contribution >= 4 is 23.7 Å². The number of thioether (sulfide) groups is 1. The Morgan fingerprint density at radius 2 is 2.26 bits per heavy atom. The van der Waals surface area contributed by atoms with Gasteiger partial charge in [-0.2, -0.15) is 4.98 Å². The van der Waals surface area contributed by atoms with E-state index in [9.17, 15) is 14.4 Å². The molecule has 1 rings (SSSR count). The van der Waals surface area contributed by atoms with Crippen LogP contribution in [0.15, 0.2) is 22.2 Å². The lowest BCUT2D eigenvalue weighted by Crippen LogP contribution is -2.16. The molecule has 0 spiro atoms. The average Bonchev–Trinajstić information content (AvgIpc) is 2.35. The molecule has 0 aliphatic heterocycles. The van der Waals surface area contributed by atoms with Crippen LogP contribution in [-0.4, -0.2) is 39.0 Å². The molecule has 1 aromatic rings. The van der Waals surface area contributed by atoms with Gasteiger partial charge in [0.25, 0.3) is 5.56 Å². The van der Waals surface area contributed by atoms with E-state index in [0.717, 1.165) is 11.8 Å². The zero-order chi connectivity index (χ0) is 14.3. The highest BCUT2D eigenvalue weighted by Gasteiger charge is 2.09. The van der Waals surface area contributed by atoms with Crippen molar-refractivity contribution in [3.8, 4) is 0 Å². The van der Waals surface area contributed by atoms with Crippen molar-refractivity contribution in [3.63, 3.8) is 0 Å². The van der Waals surface area contributed by atoms with Crippen LogP contribution in [0.3, 0.4) is 0 Å². The Balaban J connectivity index is 2.73. The molecule has 0 amide bonds. The second-order valence-electron chi connectivity index (χ2n) is 3.48. The Bertz CT molecular complexity index is 514. The van der Waals surface area contributed by atoms with Gasteiger partial charge in [-0.3, -0.25) is 14.4 Å². The van der Waals surface area contributed by atoms with Gasteiger partial charge in [0.1, 0.15) is 0 Å². The third kappa shape index (κ3) is 5.56. The molecule has 1 N–H and O–H groups in total. The van der Waals surface area contributed by atoms with Crippen LogP contribution < -0.4 is 5.56 Å². The fourth-order valence-electron chi connectivity index (χ4n) is 1.27. The van der Waals surface area contributed by atoms with Crippen molar-refractivity contribution in [3.05, 3.63) is 22.6 Å². The molecule has 1 heterocycles. The number of carbonyl (C=O) groups excluding carboxylic acids is 1. The molecule has 0 aromatic carbocycles. The van der Waals surface area contributed by atoms with E-state index in [0.29, 0.717) is 6.61 Å². The topological polar surface area (TPSA) is 98.5 Å². The van der Waals surface area contributed by atoms with Crippen LogP contribution in [-0.2, 0) is 20.9 Å². The third-order valence-corrected chi connectivity index (χ3v) is 3.01. The standard InChI is InChI=1S/C11H14N2O5S/c1-2-18-10(17)4-6-13-5-3-8(14)12-11(13)19-7-9(15)16/h3,5H,2,4,6-7H2,1H3,(H,15,16). The van der Waals surface area contributed by atoms with Crippen LogP contribution in [0.5, 0.6) is 0 Å². The Morgan fingerprint density at radius 1 is 1.53 bits per heavy atom. The Kier molecular flexibility index (Phi) is 6.07. The van der Waals surface area contributed by atoms with Crippen molar-refractivity contribution in [2.45, 2.75) is 25.0 Å². The summed E-state index contributed by atoms with van der Waals surface area (Å²) in [5.41, 5.74) is -0.444. The molecule has 0 fully saturated rings. The van der Waals surface area contributed by atoms with Crippen LogP contribution >= 0.6 is 11.8 Å². The summed E-state index contributed by atoms with van der Waals surface area (Å²) in [5, 5.41) is 8.89. The van der Waals surface area contributed by atoms with Crippen molar-refractivity contribution in [2.24, 2.45) is 0 Å². The molecule has 0 bridgehead atoms. The number of carbonyl (C=O) groups is 2. The quantitative estimate of drug-likeness (QED) is 0.439. The molecule has 7 nitrogen and oxygen atoms in total. The number of hydrogen-bond acceptors (Lipinski definition) is 6. The van der Waals surface area contributed by atoms with Crippen molar-refractivity contribution in [1.29, 1.82) is 0 Å². The lowest BCUT2D eigenvalue weighted by molar-refractivity contribution is -0.143. The molecule has 0 saturated carbocycles. The number of aryl methyl sites for hydroxylation is 1.